The molecule has 0 unspecified atom stereocenters. The van der Waals surface area contributed by atoms with Crippen LogP contribution in [0.3, 0.4) is 0 Å². The van der Waals surface area contributed by atoms with Gasteiger partial charge in [-0.3, -0.25) is 24.4 Å². The number of fused-ring (bicyclic) bond motifs is 6. The van der Waals surface area contributed by atoms with Crippen molar-refractivity contribution in [2.24, 2.45) is 16.3 Å². The first-order valence-electron chi connectivity index (χ1n) is 23.4. The predicted octanol–water partition coefficient (Wildman–Crippen LogP) is 5.57. The number of nitrogens with one attached hydrogen (secondary N) is 2. The number of piperazine rings is 1. The Morgan fingerprint density at radius 2 is 1.90 bits per heavy atom. The van der Waals surface area contributed by atoms with Crippen molar-refractivity contribution < 1.29 is 38.6 Å². The van der Waals surface area contributed by atoms with Crippen LogP contribution in [0.1, 0.15) is 84.5 Å². The van der Waals surface area contributed by atoms with Crippen LogP contribution in [0.25, 0.3) is 27.7 Å². The molecule has 6 bridgehead atoms. The summed E-state index contributed by atoms with van der Waals surface area (Å²) in [5.41, 5.74) is 5.76. The lowest BCUT2D eigenvalue weighted by molar-refractivity contribution is -0.189. The van der Waals surface area contributed by atoms with Crippen LogP contribution in [-0.2, 0) is 48.0 Å². The predicted molar refractivity (Wildman–Crippen MR) is 264 cm³/mol. The van der Waals surface area contributed by atoms with E-state index in [2.05, 4.69) is 47.5 Å². The zero-order chi connectivity index (χ0) is 49.8. The number of rotatable bonds is 11. The van der Waals surface area contributed by atoms with Gasteiger partial charge in [0.25, 0.3) is 5.91 Å². The number of benzene rings is 1. The molecule has 3 aliphatic heterocycles. The summed E-state index contributed by atoms with van der Waals surface area (Å²) in [6.07, 6.45) is 5.09. The number of nitrogens with zero attached hydrogens (tertiary/aromatic N) is 7. The Morgan fingerprint density at radius 3 is 2.53 bits per heavy atom. The number of aliphatic imine (C=N–C) groups is 1. The second-order valence-corrected chi connectivity index (χ2v) is 20.0. The number of esters is 1. The molecule has 18 heteroatoms. The number of hydrogen-bond acceptors (Lipinski definition) is 12. The maximum atomic E-state index is 14.7. The van der Waals surface area contributed by atoms with Gasteiger partial charge in [-0.15, -0.1) is 11.3 Å². The Labute approximate surface area is 403 Å². The number of aliphatic hydroxyl groups is 1. The van der Waals surface area contributed by atoms with Gasteiger partial charge in [-0.1, -0.05) is 53.0 Å². The van der Waals surface area contributed by atoms with Gasteiger partial charge < -0.3 is 39.2 Å². The van der Waals surface area contributed by atoms with Crippen molar-refractivity contribution in [3.63, 3.8) is 0 Å². The van der Waals surface area contributed by atoms with E-state index in [0.717, 1.165) is 33.3 Å². The Bertz CT molecular complexity index is 2490. The molecule has 0 saturated carbocycles. The third kappa shape index (κ3) is 10.6. The van der Waals surface area contributed by atoms with E-state index < -0.39 is 41.0 Å². The Hall–Kier alpha value is -5.69. The zero-order valence-electron chi connectivity index (χ0n) is 41.3. The molecule has 0 radical (unpaired) electrons. The van der Waals surface area contributed by atoms with Crippen molar-refractivity contribution in [3.8, 4) is 11.3 Å². The molecule has 0 aliphatic carbocycles. The van der Waals surface area contributed by atoms with Gasteiger partial charge in [-0.2, -0.15) is 5.43 Å². The lowest BCUT2D eigenvalue weighted by atomic mass is 9.84. The van der Waals surface area contributed by atoms with E-state index in [-0.39, 0.29) is 69.0 Å². The minimum atomic E-state index is -2.25. The van der Waals surface area contributed by atoms with Gasteiger partial charge in [0.2, 0.25) is 17.5 Å². The number of hydrazine groups is 1. The molecule has 5 atom stereocenters. The van der Waals surface area contributed by atoms with Crippen molar-refractivity contribution in [3.05, 3.63) is 70.9 Å². The summed E-state index contributed by atoms with van der Waals surface area (Å²) in [5, 5.41) is 19.5. The fraction of sp³-hybridized carbons (Fsp3) is 0.540. The number of allylic oxidation sites excluding steroid dienone is 2. The van der Waals surface area contributed by atoms with Crippen molar-refractivity contribution in [2.45, 2.75) is 118 Å². The van der Waals surface area contributed by atoms with E-state index in [1.165, 1.54) is 27.3 Å². The van der Waals surface area contributed by atoms with E-state index in [1.54, 1.807) is 30.2 Å². The Morgan fingerprint density at radius 1 is 1.16 bits per heavy atom. The highest BCUT2D eigenvalue weighted by atomic mass is 32.1. The molecule has 3 aliphatic rings. The summed E-state index contributed by atoms with van der Waals surface area (Å²) in [7, 11) is 3.20. The van der Waals surface area contributed by atoms with Gasteiger partial charge in [0.05, 0.1) is 34.8 Å². The number of aromatic nitrogens is 2. The number of ether oxygens (including phenoxy) is 2. The lowest BCUT2D eigenvalue weighted by Crippen LogP contribution is -2.67. The van der Waals surface area contributed by atoms with Gasteiger partial charge in [0.15, 0.2) is 0 Å². The molecular weight excluding hydrogens is 887 g/mol. The summed E-state index contributed by atoms with van der Waals surface area (Å²) in [5.74, 6) is -2.69. The third-order valence-corrected chi connectivity index (χ3v) is 14.0. The van der Waals surface area contributed by atoms with Crippen LogP contribution >= 0.6 is 11.3 Å². The summed E-state index contributed by atoms with van der Waals surface area (Å²) in [4.78, 5) is 84.1. The van der Waals surface area contributed by atoms with Crippen LogP contribution in [0, 0.1) is 11.3 Å². The van der Waals surface area contributed by atoms with E-state index in [9.17, 15) is 29.1 Å². The maximum absolute atomic E-state index is 14.7. The van der Waals surface area contributed by atoms with Crippen LogP contribution in [0.5, 0.6) is 0 Å². The molecule has 17 nitrogen and oxygen atoms in total. The number of thiazole rings is 1. The minimum absolute atomic E-state index is 0.0253. The van der Waals surface area contributed by atoms with Crippen molar-refractivity contribution in [1.29, 1.82) is 0 Å². The van der Waals surface area contributed by atoms with Gasteiger partial charge >= 0.3 is 12.0 Å². The quantitative estimate of drug-likeness (QED) is 0.0948. The van der Waals surface area contributed by atoms with Gasteiger partial charge in [0.1, 0.15) is 12.1 Å². The van der Waals surface area contributed by atoms with Crippen LogP contribution < -0.4 is 10.7 Å². The fourth-order valence-electron chi connectivity index (χ4n) is 9.59. The standard InChI is InChI=1S/C50H69N9O8S/c1-13-34(42(51-15-3)32(8)66-12)44-36-26-49(9,10)29-67-47(63)50(65)20-17-21-59(54-50)46(62)37(25-40-52-38(28-68-40)33-18-19-39(35(36)24-33)57(44)16-4)53-45(61)43(30(5)6)55(11)48(64)58-23-22-56(27-31(58)7)41(60)14-2/h13-15,18-19,24,28,30-32,37,43,54,65H,1-2,16-17,20-23,25-27,29H2,3-12H3,(H,53,61)/b42-34+,51-15-/t31-,32-,37-,43-,50-/m0/s1. The fourth-order valence-corrected chi connectivity index (χ4v) is 10.4. The molecule has 5 amide bonds. The second kappa shape index (κ2) is 21.3. The van der Waals surface area contributed by atoms with E-state index in [4.69, 9.17) is 19.5 Å². The van der Waals surface area contributed by atoms with Crippen LogP contribution in [0.2, 0.25) is 0 Å². The summed E-state index contributed by atoms with van der Waals surface area (Å²) in [6, 6.07) is 3.26. The number of cyclic esters (lactones) is 1. The summed E-state index contributed by atoms with van der Waals surface area (Å²) < 4.78 is 14.0. The minimum Gasteiger partial charge on any atom is -0.462 e. The molecule has 3 N–H and O–H groups in total. The van der Waals surface area contributed by atoms with E-state index in [1.807, 2.05) is 66.0 Å². The van der Waals surface area contributed by atoms with Crippen LogP contribution in [0.4, 0.5) is 4.79 Å². The lowest BCUT2D eigenvalue weighted by Gasteiger charge is -2.43. The molecule has 0 spiro atoms. The average molecular weight is 956 g/mol. The first-order chi connectivity index (χ1) is 32.2. The molecule has 68 heavy (non-hydrogen) atoms. The highest BCUT2D eigenvalue weighted by Gasteiger charge is 2.46. The SMILES string of the molecule is C=CC(=O)N1CCN(C(=O)N(C)[C@H](C(=O)N[C@H]2Cc3nc(cs3)-c3ccc4c(c3)c(c(/C(C=C)=C(/N=C\C)[C@H](C)OC)n4CC)CC(C)(C)COC(=O)[C@@]3(O)CCCN(N3)C2=O)C(C)C)[C@@H](C)C1. The zero-order valence-corrected chi connectivity index (χ0v) is 42.1. The number of methoxy groups -OCH3 is 1. The monoisotopic (exact) mass is 955 g/mol. The van der Waals surface area contributed by atoms with Gasteiger partial charge in [-0.25, -0.2) is 14.6 Å². The molecule has 1 aromatic carbocycles. The van der Waals surface area contributed by atoms with E-state index in [0.29, 0.717) is 42.5 Å². The van der Waals surface area contributed by atoms with Gasteiger partial charge in [0, 0.05) is 105 Å². The molecule has 5 heterocycles. The Balaban J connectivity index is 1.43. The molecule has 2 aromatic heterocycles. The molecule has 3 aromatic rings. The molecule has 2 saturated heterocycles. The third-order valence-electron chi connectivity index (χ3n) is 13.1. The topological polar surface area (TPSA) is 191 Å². The largest absolute Gasteiger partial charge is 0.462 e. The first-order valence-corrected chi connectivity index (χ1v) is 24.3. The number of hydrogen-bond donors (Lipinski definition) is 3. The number of carbonyl (C=O) groups is 5. The van der Waals surface area contributed by atoms with Crippen molar-refractivity contribution >= 4 is 63.7 Å². The van der Waals surface area contributed by atoms with Crippen LogP contribution in [-0.4, -0.2) is 147 Å². The van der Waals surface area contributed by atoms with Crippen LogP contribution in [0.15, 0.2) is 59.6 Å². The molecule has 368 valence electrons. The molecular formula is C50H69N9O8S. The first kappa shape index (κ1) is 51.7. The second-order valence-electron chi connectivity index (χ2n) is 19.1. The van der Waals surface area contributed by atoms with Gasteiger partial charge in [-0.05, 0) is 70.2 Å². The summed E-state index contributed by atoms with van der Waals surface area (Å²) >= 11 is 1.35. The Kier molecular flexibility index (Phi) is 16.2. The highest BCUT2D eigenvalue weighted by Crippen LogP contribution is 2.40. The summed E-state index contributed by atoms with van der Waals surface area (Å²) in [6.45, 7) is 24.8. The number of carbonyl (C=O) groups excluding carboxylic acids is 5. The molecule has 2 fully saturated rings. The normalized spacial score (nSPS) is 22.6. The number of aryl methyl sites for hydroxylation is 1. The maximum Gasteiger partial charge on any atom is 0.355 e. The number of urea groups is 1. The number of likely N-dealkylation sites (N-methyl/N-ethyl adjacent to an activating group) is 1. The highest BCUT2D eigenvalue weighted by molar-refractivity contribution is 7.10. The smallest absolute Gasteiger partial charge is 0.355 e. The van der Waals surface area contributed by atoms with Crippen molar-refractivity contribution in [2.75, 3.05) is 46.9 Å². The number of amides is 5. The molecule has 6 rings (SSSR count). The average Bonchev–Trinajstić information content (AvgIpc) is 3.90. The van der Waals surface area contributed by atoms with E-state index >= 15 is 0 Å². The van der Waals surface area contributed by atoms with Crippen molar-refractivity contribution in [1.82, 2.24) is 40.0 Å².